The van der Waals surface area contributed by atoms with Crippen LogP contribution >= 0.6 is 0 Å². The summed E-state index contributed by atoms with van der Waals surface area (Å²) in [6, 6.07) is 13.1. The Labute approximate surface area is 160 Å². The zero-order valence-electron chi connectivity index (χ0n) is 15.2. The lowest BCUT2D eigenvalue weighted by atomic mass is 10.1. The second-order valence-corrected chi connectivity index (χ2v) is 6.12. The first-order chi connectivity index (χ1) is 13.6. The SMILES string of the molecule is COC(=O)c1ccc(-n2cnc(-c3c(-c4ccc(F)cc4)nnn3C)c2)cc1. The molecule has 4 rings (SSSR count). The Kier molecular flexibility index (Phi) is 4.44. The van der Waals surface area contributed by atoms with Crippen molar-refractivity contribution in [3.63, 3.8) is 0 Å². The first kappa shape index (κ1) is 17.6. The Morgan fingerprint density at radius 3 is 2.46 bits per heavy atom. The summed E-state index contributed by atoms with van der Waals surface area (Å²) in [5, 5.41) is 8.29. The van der Waals surface area contributed by atoms with Crippen LogP contribution in [0.1, 0.15) is 10.4 Å². The van der Waals surface area contributed by atoms with E-state index < -0.39 is 0 Å². The fourth-order valence-corrected chi connectivity index (χ4v) is 2.92. The maximum absolute atomic E-state index is 13.2. The van der Waals surface area contributed by atoms with Crippen LogP contribution in [0.5, 0.6) is 0 Å². The van der Waals surface area contributed by atoms with Crippen LogP contribution < -0.4 is 0 Å². The molecule has 2 aromatic carbocycles. The van der Waals surface area contributed by atoms with Crippen LogP contribution in [0.25, 0.3) is 28.3 Å². The molecule has 4 aromatic rings. The molecule has 0 saturated heterocycles. The minimum Gasteiger partial charge on any atom is -0.465 e. The largest absolute Gasteiger partial charge is 0.465 e. The van der Waals surface area contributed by atoms with Gasteiger partial charge >= 0.3 is 5.97 Å². The minimum absolute atomic E-state index is 0.311. The summed E-state index contributed by atoms with van der Waals surface area (Å²) < 4.78 is 21.4. The highest BCUT2D eigenvalue weighted by molar-refractivity contribution is 5.89. The van der Waals surface area contributed by atoms with Gasteiger partial charge in [-0.1, -0.05) is 5.21 Å². The van der Waals surface area contributed by atoms with Gasteiger partial charge in [-0.3, -0.25) is 0 Å². The zero-order chi connectivity index (χ0) is 19.7. The third kappa shape index (κ3) is 3.16. The van der Waals surface area contributed by atoms with Gasteiger partial charge in [0.2, 0.25) is 0 Å². The molecule has 0 aliphatic heterocycles. The maximum Gasteiger partial charge on any atom is 0.337 e. The van der Waals surface area contributed by atoms with Crippen LogP contribution in [0.4, 0.5) is 4.39 Å². The van der Waals surface area contributed by atoms with Crippen LogP contribution in [0.2, 0.25) is 0 Å². The van der Waals surface area contributed by atoms with E-state index in [2.05, 4.69) is 15.3 Å². The fourth-order valence-electron chi connectivity index (χ4n) is 2.92. The van der Waals surface area contributed by atoms with E-state index in [1.54, 1.807) is 54.5 Å². The normalized spacial score (nSPS) is 10.8. The molecule has 0 N–H and O–H groups in total. The van der Waals surface area contributed by atoms with Gasteiger partial charge in [0.05, 0.1) is 19.0 Å². The quantitative estimate of drug-likeness (QED) is 0.510. The van der Waals surface area contributed by atoms with E-state index >= 15 is 0 Å². The molecular formula is C20H16FN5O2. The number of halogens is 1. The number of hydrogen-bond donors (Lipinski definition) is 0. The monoisotopic (exact) mass is 377 g/mol. The minimum atomic E-state index is -0.386. The molecule has 0 aliphatic rings. The van der Waals surface area contributed by atoms with E-state index in [1.165, 1.54) is 19.2 Å². The lowest BCUT2D eigenvalue weighted by Crippen LogP contribution is -2.01. The van der Waals surface area contributed by atoms with Crippen LogP contribution in [-0.4, -0.2) is 37.6 Å². The number of hydrogen-bond acceptors (Lipinski definition) is 5. The van der Waals surface area contributed by atoms with E-state index in [0.29, 0.717) is 17.0 Å². The second-order valence-electron chi connectivity index (χ2n) is 6.12. The Bertz CT molecular complexity index is 1130. The molecule has 0 atom stereocenters. The molecule has 0 saturated carbocycles. The summed E-state index contributed by atoms with van der Waals surface area (Å²) in [5.41, 5.74) is 4.07. The highest BCUT2D eigenvalue weighted by atomic mass is 19.1. The summed E-state index contributed by atoms with van der Waals surface area (Å²) in [6.07, 6.45) is 3.52. The number of nitrogens with zero attached hydrogens (tertiary/aromatic N) is 5. The molecule has 28 heavy (non-hydrogen) atoms. The first-order valence-corrected chi connectivity index (χ1v) is 8.45. The molecule has 2 heterocycles. The third-order valence-corrected chi connectivity index (χ3v) is 4.36. The molecule has 0 radical (unpaired) electrons. The van der Waals surface area contributed by atoms with E-state index in [9.17, 15) is 9.18 Å². The zero-order valence-corrected chi connectivity index (χ0v) is 15.2. The molecule has 7 nitrogen and oxygen atoms in total. The van der Waals surface area contributed by atoms with Crippen LogP contribution in [-0.2, 0) is 11.8 Å². The average Bonchev–Trinajstić information content (AvgIpc) is 3.35. The van der Waals surface area contributed by atoms with Crippen LogP contribution in [0.15, 0.2) is 61.1 Å². The Hall–Kier alpha value is -3.81. The highest BCUT2D eigenvalue weighted by Crippen LogP contribution is 2.29. The van der Waals surface area contributed by atoms with Gasteiger partial charge in [-0.15, -0.1) is 5.10 Å². The lowest BCUT2D eigenvalue weighted by Gasteiger charge is -2.04. The molecule has 0 amide bonds. The summed E-state index contributed by atoms with van der Waals surface area (Å²) in [7, 11) is 3.12. The number of aryl methyl sites for hydroxylation is 1. The van der Waals surface area contributed by atoms with Crippen molar-refractivity contribution in [2.45, 2.75) is 0 Å². The first-order valence-electron chi connectivity index (χ1n) is 8.45. The van der Waals surface area contributed by atoms with Crippen molar-refractivity contribution >= 4 is 5.97 Å². The number of aromatic nitrogens is 5. The van der Waals surface area contributed by atoms with E-state index in [1.807, 2.05) is 10.8 Å². The smallest absolute Gasteiger partial charge is 0.337 e. The third-order valence-electron chi connectivity index (χ3n) is 4.36. The van der Waals surface area contributed by atoms with Crippen molar-refractivity contribution in [2.75, 3.05) is 7.11 Å². The summed E-state index contributed by atoms with van der Waals surface area (Å²) in [6.45, 7) is 0. The summed E-state index contributed by atoms with van der Waals surface area (Å²) in [5.74, 6) is -0.698. The number of esters is 1. The summed E-state index contributed by atoms with van der Waals surface area (Å²) >= 11 is 0. The highest BCUT2D eigenvalue weighted by Gasteiger charge is 2.17. The van der Waals surface area contributed by atoms with E-state index in [-0.39, 0.29) is 11.8 Å². The van der Waals surface area contributed by atoms with Gasteiger partial charge in [-0.25, -0.2) is 18.9 Å². The molecule has 8 heteroatoms. The number of ether oxygens (including phenoxy) is 1. The number of methoxy groups -OCH3 is 1. The average molecular weight is 377 g/mol. The maximum atomic E-state index is 13.2. The van der Waals surface area contributed by atoms with Crippen molar-refractivity contribution in [3.8, 4) is 28.3 Å². The second kappa shape index (κ2) is 7.07. The molecule has 0 aliphatic carbocycles. The lowest BCUT2D eigenvalue weighted by molar-refractivity contribution is 0.0600. The topological polar surface area (TPSA) is 74.8 Å². The number of carbonyl (C=O) groups is 1. The molecular weight excluding hydrogens is 361 g/mol. The molecule has 2 aromatic heterocycles. The Morgan fingerprint density at radius 1 is 1.07 bits per heavy atom. The Balaban J connectivity index is 1.69. The number of carbonyl (C=O) groups excluding carboxylic acids is 1. The number of rotatable bonds is 4. The van der Waals surface area contributed by atoms with E-state index in [0.717, 1.165) is 16.9 Å². The van der Waals surface area contributed by atoms with Crippen molar-refractivity contribution in [1.29, 1.82) is 0 Å². The van der Waals surface area contributed by atoms with Gasteiger partial charge in [-0.2, -0.15) is 0 Å². The fraction of sp³-hybridized carbons (Fsp3) is 0.100. The Morgan fingerprint density at radius 2 is 1.79 bits per heavy atom. The molecule has 0 bridgehead atoms. The van der Waals surface area contributed by atoms with Gasteiger partial charge in [0.25, 0.3) is 0 Å². The molecule has 0 spiro atoms. The van der Waals surface area contributed by atoms with Crippen molar-refractivity contribution in [2.24, 2.45) is 7.05 Å². The molecule has 0 unspecified atom stereocenters. The van der Waals surface area contributed by atoms with Gasteiger partial charge in [0, 0.05) is 24.5 Å². The van der Waals surface area contributed by atoms with Crippen molar-refractivity contribution < 1.29 is 13.9 Å². The molecule has 140 valence electrons. The van der Waals surface area contributed by atoms with Gasteiger partial charge in [0.1, 0.15) is 22.9 Å². The van der Waals surface area contributed by atoms with Crippen molar-refractivity contribution in [1.82, 2.24) is 24.5 Å². The van der Waals surface area contributed by atoms with E-state index in [4.69, 9.17) is 4.74 Å². The predicted octanol–water partition coefficient (Wildman–Crippen LogP) is 3.26. The van der Waals surface area contributed by atoms with Gasteiger partial charge in [-0.05, 0) is 48.5 Å². The number of imidazole rings is 1. The van der Waals surface area contributed by atoms with Gasteiger partial charge in [0.15, 0.2) is 0 Å². The van der Waals surface area contributed by atoms with Crippen LogP contribution in [0.3, 0.4) is 0 Å². The standard InChI is InChI=1S/C20H16FN5O2/c1-25-19(18(23-24-25)13-3-7-15(21)8-4-13)17-11-26(12-22-17)16-9-5-14(6-10-16)20(27)28-2/h3-12H,1-2H3. The molecule has 0 fully saturated rings. The van der Waals surface area contributed by atoms with Gasteiger partial charge < -0.3 is 9.30 Å². The predicted molar refractivity (Wildman–Crippen MR) is 100 cm³/mol. The number of benzene rings is 2. The summed E-state index contributed by atoms with van der Waals surface area (Å²) in [4.78, 5) is 16.0. The van der Waals surface area contributed by atoms with Crippen LogP contribution in [0, 0.1) is 5.82 Å². The van der Waals surface area contributed by atoms with Crippen molar-refractivity contribution in [3.05, 3.63) is 72.4 Å².